The van der Waals surface area contributed by atoms with E-state index in [1.807, 2.05) is 42.2 Å². The number of amides is 2. The zero-order chi connectivity index (χ0) is 29.4. The summed E-state index contributed by atoms with van der Waals surface area (Å²) >= 11 is 0. The number of carbonyl (C=O) groups excluding carboxylic acids is 2. The molecule has 0 radical (unpaired) electrons. The van der Waals surface area contributed by atoms with Crippen LogP contribution in [0, 0.1) is 11.8 Å². The first-order chi connectivity index (χ1) is 19.8. The summed E-state index contributed by atoms with van der Waals surface area (Å²) in [6.45, 7) is 10.2. The van der Waals surface area contributed by atoms with Gasteiger partial charge in [0, 0.05) is 64.0 Å². The van der Waals surface area contributed by atoms with Crippen molar-refractivity contribution in [3.63, 3.8) is 0 Å². The van der Waals surface area contributed by atoms with Gasteiger partial charge in [-0.1, -0.05) is 30.3 Å². The van der Waals surface area contributed by atoms with Gasteiger partial charge in [-0.25, -0.2) is 0 Å². The maximum atomic E-state index is 13.8. The van der Waals surface area contributed by atoms with Crippen LogP contribution < -0.4 is 14.8 Å². The fourth-order valence-corrected chi connectivity index (χ4v) is 5.66. The summed E-state index contributed by atoms with van der Waals surface area (Å²) in [5.74, 6) is 1.71. The molecule has 224 valence electrons. The van der Waals surface area contributed by atoms with E-state index in [4.69, 9.17) is 14.2 Å². The molecule has 0 spiro atoms. The molecule has 8 heteroatoms. The average Bonchev–Trinajstić information content (AvgIpc) is 3.74. The van der Waals surface area contributed by atoms with E-state index in [0.29, 0.717) is 42.9 Å². The molecule has 1 aliphatic heterocycles. The molecular weight excluding hydrogens is 518 g/mol. The second kappa shape index (κ2) is 14.7. The van der Waals surface area contributed by atoms with Gasteiger partial charge in [0.2, 0.25) is 5.91 Å². The summed E-state index contributed by atoms with van der Waals surface area (Å²) in [5.41, 5.74) is 1.64. The van der Waals surface area contributed by atoms with E-state index in [9.17, 15) is 9.59 Å². The van der Waals surface area contributed by atoms with Crippen molar-refractivity contribution in [3.8, 4) is 11.5 Å². The Hall–Kier alpha value is -3.10. The number of nitrogens with zero attached hydrogens (tertiary/aromatic N) is 2. The van der Waals surface area contributed by atoms with Gasteiger partial charge in [-0.05, 0) is 69.2 Å². The van der Waals surface area contributed by atoms with Crippen molar-refractivity contribution in [2.24, 2.45) is 11.8 Å². The third kappa shape index (κ3) is 8.01. The molecule has 4 rings (SSSR count). The van der Waals surface area contributed by atoms with Crippen LogP contribution in [0.3, 0.4) is 0 Å². The average molecular weight is 566 g/mol. The molecule has 2 aliphatic rings. The molecule has 0 aromatic heterocycles. The molecule has 2 amide bonds. The van der Waals surface area contributed by atoms with Crippen LogP contribution in [0.4, 0.5) is 0 Å². The Bertz CT molecular complexity index is 1140. The highest BCUT2D eigenvalue weighted by Gasteiger charge is 2.39. The van der Waals surface area contributed by atoms with E-state index in [2.05, 4.69) is 24.1 Å². The van der Waals surface area contributed by atoms with E-state index in [1.165, 1.54) is 0 Å². The highest BCUT2D eigenvalue weighted by Crippen LogP contribution is 2.34. The summed E-state index contributed by atoms with van der Waals surface area (Å²) in [5, 5.41) is 3.54. The summed E-state index contributed by atoms with van der Waals surface area (Å²) in [4.78, 5) is 31.6. The molecule has 2 aromatic rings. The minimum Gasteiger partial charge on any atom is -0.493 e. The van der Waals surface area contributed by atoms with Gasteiger partial charge < -0.3 is 29.3 Å². The van der Waals surface area contributed by atoms with Crippen LogP contribution in [0.1, 0.15) is 61.9 Å². The quantitative estimate of drug-likeness (QED) is 0.318. The maximum absolute atomic E-state index is 13.8. The molecule has 1 saturated heterocycles. The number of carbonyl (C=O) groups is 2. The Kier molecular flexibility index (Phi) is 11.1. The topological polar surface area (TPSA) is 80.3 Å². The van der Waals surface area contributed by atoms with E-state index < -0.39 is 0 Å². The predicted molar refractivity (Wildman–Crippen MR) is 161 cm³/mol. The number of nitrogens with one attached hydrogen (secondary N) is 1. The lowest BCUT2D eigenvalue weighted by Gasteiger charge is -2.34. The van der Waals surface area contributed by atoms with E-state index in [1.54, 1.807) is 32.4 Å². The van der Waals surface area contributed by atoms with Gasteiger partial charge >= 0.3 is 0 Å². The van der Waals surface area contributed by atoms with E-state index >= 15 is 0 Å². The molecule has 2 aromatic carbocycles. The zero-order valence-electron chi connectivity index (χ0n) is 25.3. The minimum absolute atomic E-state index is 0.0243. The second-order valence-electron chi connectivity index (χ2n) is 11.6. The van der Waals surface area contributed by atoms with E-state index in [0.717, 1.165) is 44.5 Å². The Morgan fingerprint density at radius 1 is 0.927 bits per heavy atom. The fourth-order valence-electron chi connectivity index (χ4n) is 5.66. The maximum Gasteiger partial charge on any atom is 0.254 e. The van der Waals surface area contributed by atoms with Crippen molar-refractivity contribution in [1.82, 2.24) is 15.1 Å². The second-order valence-corrected chi connectivity index (χ2v) is 11.6. The number of rotatable bonds is 15. The number of hydrogen-bond donors (Lipinski definition) is 1. The minimum atomic E-state index is -0.167. The van der Waals surface area contributed by atoms with Crippen LogP contribution in [-0.4, -0.2) is 87.3 Å². The van der Waals surface area contributed by atoms with Gasteiger partial charge in [-0.15, -0.1) is 0 Å². The van der Waals surface area contributed by atoms with Crippen molar-refractivity contribution in [2.45, 2.75) is 58.0 Å². The fraction of sp³-hybridized carbons (Fsp3) is 0.576. The van der Waals surface area contributed by atoms with Crippen LogP contribution in [0.25, 0.3) is 0 Å². The molecule has 1 saturated carbocycles. The molecule has 3 atom stereocenters. The third-order valence-electron chi connectivity index (χ3n) is 8.33. The molecule has 1 aliphatic carbocycles. The van der Waals surface area contributed by atoms with Crippen molar-refractivity contribution >= 4 is 11.8 Å². The molecular formula is C33H47N3O5. The van der Waals surface area contributed by atoms with E-state index in [-0.39, 0.29) is 35.6 Å². The van der Waals surface area contributed by atoms with Gasteiger partial charge in [0.05, 0.1) is 19.6 Å². The normalized spacial score (nSPS) is 19.2. The van der Waals surface area contributed by atoms with Crippen molar-refractivity contribution in [3.05, 3.63) is 59.7 Å². The lowest BCUT2D eigenvalue weighted by molar-refractivity contribution is -0.133. The van der Waals surface area contributed by atoms with Gasteiger partial charge in [-0.3, -0.25) is 9.59 Å². The number of benzene rings is 2. The summed E-state index contributed by atoms with van der Waals surface area (Å²) < 4.78 is 16.5. The SMILES string of the molecule is COCCCOc1cc(C(=O)N(C[C@@H]2CNC[C@H]2CN(C(=O)[C@@H](C)c2ccccc2)C2CC2)C(C)C)ccc1OC. The van der Waals surface area contributed by atoms with Crippen LogP contribution in [0.15, 0.2) is 48.5 Å². The molecule has 8 nitrogen and oxygen atoms in total. The highest BCUT2D eigenvalue weighted by atomic mass is 16.5. The third-order valence-corrected chi connectivity index (χ3v) is 8.33. The Morgan fingerprint density at radius 3 is 2.27 bits per heavy atom. The molecule has 1 heterocycles. The van der Waals surface area contributed by atoms with Crippen molar-refractivity contribution in [1.29, 1.82) is 0 Å². The highest BCUT2D eigenvalue weighted by molar-refractivity contribution is 5.95. The zero-order valence-corrected chi connectivity index (χ0v) is 25.3. The molecule has 0 bridgehead atoms. The Balaban J connectivity index is 1.45. The monoisotopic (exact) mass is 565 g/mol. The first-order valence-corrected chi connectivity index (χ1v) is 15.0. The summed E-state index contributed by atoms with van der Waals surface area (Å²) in [7, 11) is 3.26. The Labute approximate surface area is 245 Å². The van der Waals surface area contributed by atoms with Crippen LogP contribution >= 0.6 is 0 Å². The molecule has 2 fully saturated rings. The molecule has 1 N–H and O–H groups in total. The van der Waals surface area contributed by atoms with Crippen molar-refractivity contribution < 1.29 is 23.8 Å². The van der Waals surface area contributed by atoms with Crippen LogP contribution in [0.2, 0.25) is 0 Å². The van der Waals surface area contributed by atoms with Gasteiger partial charge in [0.25, 0.3) is 5.91 Å². The number of hydrogen-bond acceptors (Lipinski definition) is 6. The number of methoxy groups -OCH3 is 2. The van der Waals surface area contributed by atoms with Gasteiger partial charge in [-0.2, -0.15) is 0 Å². The van der Waals surface area contributed by atoms with Crippen LogP contribution in [-0.2, 0) is 9.53 Å². The first-order valence-electron chi connectivity index (χ1n) is 15.0. The van der Waals surface area contributed by atoms with Gasteiger partial charge in [0.1, 0.15) is 0 Å². The molecule has 0 unspecified atom stereocenters. The summed E-state index contributed by atoms with van der Waals surface area (Å²) in [6.07, 6.45) is 2.89. The number of ether oxygens (including phenoxy) is 3. The predicted octanol–water partition coefficient (Wildman–Crippen LogP) is 4.59. The van der Waals surface area contributed by atoms with Gasteiger partial charge in [0.15, 0.2) is 11.5 Å². The van der Waals surface area contributed by atoms with Crippen molar-refractivity contribution in [2.75, 3.05) is 53.6 Å². The smallest absolute Gasteiger partial charge is 0.254 e. The molecule has 41 heavy (non-hydrogen) atoms. The Morgan fingerprint density at radius 2 is 1.63 bits per heavy atom. The van der Waals surface area contributed by atoms with Crippen LogP contribution in [0.5, 0.6) is 11.5 Å². The lowest BCUT2D eigenvalue weighted by Crippen LogP contribution is -2.45. The summed E-state index contributed by atoms with van der Waals surface area (Å²) in [6, 6.07) is 15.8. The largest absolute Gasteiger partial charge is 0.493 e. The lowest BCUT2D eigenvalue weighted by atomic mass is 9.92. The standard InChI is InChI=1S/C33H47N3O5/c1-23(2)35(33(38)26-12-15-30(40-5)31(18-26)41-17-9-16-39-4)21-27-19-34-20-28(27)22-36(29-13-14-29)32(37)24(3)25-10-7-6-8-11-25/h6-8,10-12,15,18,23-24,27-29,34H,9,13-14,16-17,19-22H2,1-5H3/t24-,27-,28-/m0/s1. The first kappa shape index (κ1) is 30.8.